The maximum Gasteiger partial charge on any atom is 0.254 e. The number of nitrogens with zero attached hydrogens (tertiary/aromatic N) is 4. The van der Waals surface area contributed by atoms with Crippen molar-refractivity contribution >= 4 is 29.3 Å². The summed E-state index contributed by atoms with van der Waals surface area (Å²) in [5, 5.41) is 12.3. The van der Waals surface area contributed by atoms with Crippen LogP contribution in [0.2, 0.25) is 0 Å². The van der Waals surface area contributed by atoms with Crippen LogP contribution in [-0.4, -0.2) is 43.8 Å². The van der Waals surface area contributed by atoms with Crippen LogP contribution in [-0.2, 0) is 11.8 Å². The summed E-state index contributed by atoms with van der Waals surface area (Å²) in [6.45, 7) is 6.66. The Hall–Kier alpha value is -3.13. The van der Waals surface area contributed by atoms with Crippen LogP contribution >= 0.6 is 11.8 Å². The van der Waals surface area contributed by atoms with E-state index in [1.807, 2.05) is 79.8 Å². The lowest BCUT2D eigenvalue weighted by molar-refractivity contribution is -0.113. The predicted octanol–water partition coefficient (Wildman–Crippen LogP) is 4.45. The van der Waals surface area contributed by atoms with Crippen LogP contribution in [0.15, 0.2) is 47.6 Å². The highest BCUT2D eigenvalue weighted by Gasteiger charge is 2.34. The molecule has 1 N–H and O–H groups in total. The molecule has 3 aromatic rings. The van der Waals surface area contributed by atoms with E-state index in [9.17, 15) is 9.59 Å². The smallest absolute Gasteiger partial charge is 0.254 e. The molecule has 0 bridgehead atoms. The Morgan fingerprint density at radius 3 is 2.67 bits per heavy atom. The maximum absolute atomic E-state index is 13.2. The molecule has 1 unspecified atom stereocenters. The first kappa shape index (κ1) is 23.0. The molecule has 2 aromatic carbocycles. The summed E-state index contributed by atoms with van der Waals surface area (Å²) < 4.78 is 1.91. The lowest BCUT2D eigenvalue weighted by atomic mass is 10.1. The van der Waals surface area contributed by atoms with Gasteiger partial charge in [0.15, 0.2) is 11.0 Å². The number of benzene rings is 2. The summed E-state index contributed by atoms with van der Waals surface area (Å²) in [4.78, 5) is 27.5. The largest absolute Gasteiger partial charge is 0.328 e. The topological polar surface area (TPSA) is 80.1 Å². The van der Waals surface area contributed by atoms with Crippen molar-refractivity contribution in [3.8, 4) is 0 Å². The number of likely N-dealkylation sites (tertiary alicyclic amines) is 1. The number of amides is 2. The van der Waals surface area contributed by atoms with E-state index in [4.69, 9.17) is 0 Å². The first-order valence-corrected chi connectivity index (χ1v) is 12.1. The van der Waals surface area contributed by atoms with E-state index in [-0.39, 0.29) is 23.6 Å². The van der Waals surface area contributed by atoms with Gasteiger partial charge >= 0.3 is 0 Å². The van der Waals surface area contributed by atoms with Gasteiger partial charge in [0, 0.05) is 24.8 Å². The van der Waals surface area contributed by atoms with Gasteiger partial charge in [-0.25, -0.2) is 0 Å². The number of aromatic nitrogens is 3. The van der Waals surface area contributed by atoms with Crippen LogP contribution in [0.5, 0.6) is 0 Å². The van der Waals surface area contributed by atoms with Crippen molar-refractivity contribution in [3.05, 3.63) is 70.5 Å². The summed E-state index contributed by atoms with van der Waals surface area (Å²) in [7, 11) is 1.90. The SMILES string of the molecule is Cc1cccc(C(=O)N2CCCC2c2nnc(SCC(=O)Nc3cc(C)ccc3C)n2C)c1. The monoisotopic (exact) mass is 463 g/mol. The molecule has 1 saturated heterocycles. The average Bonchev–Trinajstić information content (AvgIpc) is 3.40. The van der Waals surface area contributed by atoms with Gasteiger partial charge in [-0.05, 0) is 62.9 Å². The van der Waals surface area contributed by atoms with Crippen LogP contribution in [0.4, 0.5) is 5.69 Å². The Kier molecular flexibility index (Phi) is 6.83. The van der Waals surface area contributed by atoms with Crippen molar-refractivity contribution < 1.29 is 9.59 Å². The third kappa shape index (κ3) is 5.11. The Balaban J connectivity index is 1.43. The normalized spacial score (nSPS) is 15.6. The zero-order valence-corrected chi connectivity index (χ0v) is 20.3. The Morgan fingerprint density at radius 2 is 1.88 bits per heavy atom. The molecule has 1 atom stereocenters. The number of hydrogen-bond acceptors (Lipinski definition) is 5. The lowest BCUT2D eigenvalue weighted by Crippen LogP contribution is -2.32. The summed E-state index contributed by atoms with van der Waals surface area (Å²) >= 11 is 1.35. The molecule has 33 heavy (non-hydrogen) atoms. The van der Waals surface area contributed by atoms with Gasteiger partial charge in [-0.2, -0.15) is 0 Å². The Morgan fingerprint density at radius 1 is 1.09 bits per heavy atom. The van der Waals surface area contributed by atoms with Gasteiger partial charge in [0.25, 0.3) is 5.91 Å². The fourth-order valence-electron chi connectivity index (χ4n) is 4.15. The van der Waals surface area contributed by atoms with Crippen LogP contribution in [0.1, 0.15) is 51.8 Å². The van der Waals surface area contributed by atoms with E-state index in [0.29, 0.717) is 17.3 Å². The van der Waals surface area contributed by atoms with Crippen LogP contribution < -0.4 is 5.32 Å². The second-order valence-corrected chi connectivity index (χ2v) is 9.52. The number of hydrogen-bond donors (Lipinski definition) is 1. The molecular weight excluding hydrogens is 434 g/mol. The molecule has 2 heterocycles. The van der Waals surface area contributed by atoms with Gasteiger partial charge in [-0.15, -0.1) is 10.2 Å². The molecule has 0 aliphatic carbocycles. The van der Waals surface area contributed by atoms with E-state index < -0.39 is 0 Å². The molecule has 0 radical (unpaired) electrons. The molecule has 172 valence electrons. The molecule has 1 aliphatic heterocycles. The number of carbonyl (C=O) groups excluding carboxylic acids is 2. The van der Waals surface area contributed by atoms with Crippen LogP contribution in [0.3, 0.4) is 0 Å². The van der Waals surface area contributed by atoms with Crippen molar-refractivity contribution in [2.24, 2.45) is 7.05 Å². The minimum absolute atomic E-state index is 0.0197. The number of anilines is 1. The zero-order valence-electron chi connectivity index (χ0n) is 19.5. The second-order valence-electron chi connectivity index (χ2n) is 8.58. The highest BCUT2D eigenvalue weighted by Crippen LogP contribution is 2.33. The van der Waals surface area contributed by atoms with E-state index in [0.717, 1.165) is 41.0 Å². The standard InChI is InChI=1S/C25H29N5O2S/c1-16-7-5-8-19(13-16)24(32)30-12-6-9-21(30)23-27-28-25(29(23)4)33-15-22(31)26-20-14-17(2)10-11-18(20)3/h5,7-8,10-11,13-14,21H,6,9,12,15H2,1-4H3,(H,26,31). The number of nitrogens with one attached hydrogen (secondary N) is 1. The third-order valence-corrected chi connectivity index (χ3v) is 6.97. The quantitative estimate of drug-likeness (QED) is 0.547. The number of aryl methyl sites for hydroxylation is 3. The Bertz CT molecular complexity index is 1190. The van der Waals surface area contributed by atoms with Crippen molar-refractivity contribution in [3.63, 3.8) is 0 Å². The number of carbonyl (C=O) groups is 2. The molecule has 8 heteroatoms. The second kappa shape index (κ2) is 9.79. The third-order valence-electron chi connectivity index (χ3n) is 5.94. The molecule has 7 nitrogen and oxygen atoms in total. The summed E-state index contributed by atoms with van der Waals surface area (Å²) in [5.74, 6) is 0.920. The van der Waals surface area contributed by atoms with Crippen molar-refractivity contribution in [2.45, 2.75) is 44.8 Å². The molecular formula is C25H29N5O2S. The van der Waals surface area contributed by atoms with Crippen molar-refractivity contribution in [1.29, 1.82) is 0 Å². The first-order valence-electron chi connectivity index (χ1n) is 11.1. The maximum atomic E-state index is 13.2. The highest BCUT2D eigenvalue weighted by atomic mass is 32.2. The van der Waals surface area contributed by atoms with E-state index in [1.165, 1.54) is 11.8 Å². The van der Waals surface area contributed by atoms with E-state index >= 15 is 0 Å². The lowest BCUT2D eigenvalue weighted by Gasteiger charge is -2.24. The van der Waals surface area contributed by atoms with Gasteiger partial charge in [-0.1, -0.05) is 41.6 Å². The zero-order chi connectivity index (χ0) is 23.5. The molecule has 0 spiro atoms. The predicted molar refractivity (Wildman–Crippen MR) is 130 cm³/mol. The molecule has 4 rings (SSSR count). The fourth-order valence-corrected chi connectivity index (χ4v) is 4.87. The van der Waals surface area contributed by atoms with Crippen LogP contribution in [0.25, 0.3) is 0 Å². The minimum atomic E-state index is -0.117. The summed E-state index contributed by atoms with van der Waals surface area (Å²) in [6.07, 6.45) is 1.77. The van der Waals surface area contributed by atoms with Crippen molar-refractivity contribution in [1.82, 2.24) is 19.7 Å². The molecule has 1 aliphatic rings. The Labute approximate surface area is 198 Å². The fraction of sp³-hybridized carbons (Fsp3) is 0.360. The van der Waals surface area contributed by atoms with Crippen molar-refractivity contribution in [2.75, 3.05) is 17.6 Å². The van der Waals surface area contributed by atoms with E-state index in [1.54, 1.807) is 0 Å². The molecule has 1 fully saturated rings. The van der Waals surface area contributed by atoms with Gasteiger partial charge < -0.3 is 14.8 Å². The van der Waals surface area contributed by atoms with Gasteiger partial charge in [0.05, 0.1) is 11.8 Å². The molecule has 1 aromatic heterocycles. The molecule has 0 saturated carbocycles. The van der Waals surface area contributed by atoms with Crippen LogP contribution in [0, 0.1) is 20.8 Å². The van der Waals surface area contributed by atoms with Gasteiger partial charge in [0.1, 0.15) is 0 Å². The van der Waals surface area contributed by atoms with Gasteiger partial charge in [-0.3, -0.25) is 9.59 Å². The number of rotatable bonds is 6. The van der Waals surface area contributed by atoms with Gasteiger partial charge in [0.2, 0.25) is 5.91 Å². The highest BCUT2D eigenvalue weighted by molar-refractivity contribution is 7.99. The van der Waals surface area contributed by atoms with E-state index in [2.05, 4.69) is 15.5 Å². The summed E-state index contributed by atoms with van der Waals surface area (Å²) in [5.41, 5.74) is 4.72. The average molecular weight is 464 g/mol. The minimum Gasteiger partial charge on any atom is -0.328 e. The number of thioether (sulfide) groups is 1. The summed E-state index contributed by atoms with van der Waals surface area (Å²) in [6, 6.07) is 13.6. The first-order chi connectivity index (χ1) is 15.8. The molecule has 2 amide bonds.